The van der Waals surface area contributed by atoms with Gasteiger partial charge in [-0.3, -0.25) is 14.9 Å². The number of anilines is 1. The van der Waals surface area contributed by atoms with Gasteiger partial charge in [0.05, 0.1) is 28.1 Å². The van der Waals surface area contributed by atoms with E-state index >= 15 is 0 Å². The summed E-state index contributed by atoms with van der Waals surface area (Å²) in [6.45, 7) is 1.80. The summed E-state index contributed by atoms with van der Waals surface area (Å²) in [5.41, 5.74) is -0.000245. The van der Waals surface area contributed by atoms with Crippen LogP contribution in [0, 0.1) is 28.4 Å². The third-order valence-corrected chi connectivity index (χ3v) is 6.65. The number of benzene rings is 3. The van der Waals surface area contributed by atoms with Crippen molar-refractivity contribution in [3.63, 3.8) is 0 Å². The van der Waals surface area contributed by atoms with Gasteiger partial charge in [0.15, 0.2) is 5.75 Å². The van der Waals surface area contributed by atoms with Crippen LogP contribution in [-0.4, -0.2) is 26.4 Å². The molecule has 190 valence electrons. The zero-order chi connectivity index (χ0) is 27.3. The molecule has 0 aliphatic rings. The second-order valence-corrected chi connectivity index (χ2v) is 9.79. The first-order chi connectivity index (χ1) is 17.4. The minimum absolute atomic E-state index is 0.106. The number of hydrogen-bond acceptors (Lipinski definition) is 8. The maximum atomic E-state index is 12.7. The maximum Gasteiger partial charge on any atom is 0.339 e. The van der Waals surface area contributed by atoms with E-state index in [1.165, 1.54) is 43.5 Å². The van der Waals surface area contributed by atoms with Crippen molar-refractivity contribution in [3.8, 4) is 17.6 Å². The molecule has 3 aromatic carbocycles. The number of halogens is 2. The Bertz CT molecular complexity index is 1540. The number of rotatable bonds is 8. The molecule has 37 heavy (non-hydrogen) atoms. The second kappa shape index (κ2) is 11.3. The largest absolute Gasteiger partial charge is 0.496 e. The molecule has 0 aliphatic carbocycles. The molecule has 0 heterocycles. The van der Waals surface area contributed by atoms with Gasteiger partial charge < -0.3 is 14.2 Å². The van der Waals surface area contributed by atoms with Crippen LogP contribution in [0.3, 0.4) is 0 Å². The van der Waals surface area contributed by atoms with E-state index in [2.05, 4.69) is 5.32 Å². The highest BCUT2D eigenvalue weighted by Crippen LogP contribution is 2.37. The summed E-state index contributed by atoms with van der Waals surface area (Å²) in [4.78, 5) is 23.2. The van der Waals surface area contributed by atoms with Gasteiger partial charge in [0.2, 0.25) is 0 Å². The van der Waals surface area contributed by atoms with Crippen LogP contribution in [0.1, 0.15) is 11.1 Å². The Labute approximate surface area is 221 Å². The minimum atomic E-state index is -4.24. The van der Waals surface area contributed by atoms with Crippen LogP contribution >= 0.6 is 23.2 Å². The van der Waals surface area contributed by atoms with Gasteiger partial charge in [-0.2, -0.15) is 13.7 Å². The number of carbonyl (C=O) groups is 1. The first-order valence-electron chi connectivity index (χ1n) is 10.2. The van der Waals surface area contributed by atoms with Crippen LogP contribution < -0.4 is 14.2 Å². The van der Waals surface area contributed by atoms with Gasteiger partial charge in [0.1, 0.15) is 28.0 Å². The molecule has 0 unspecified atom stereocenters. The van der Waals surface area contributed by atoms with Gasteiger partial charge in [-0.05, 0) is 55.0 Å². The molecule has 3 rings (SSSR count). The number of hydrogen-bond donors (Lipinski definition) is 1. The zero-order valence-electron chi connectivity index (χ0n) is 19.2. The molecule has 1 amide bonds. The summed E-state index contributed by atoms with van der Waals surface area (Å²) < 4.78 is 35.3. The lowest BCUT2D eigenvalue weighted by molar-refractivity contribution is -0.384. The van der Waals surface area contributed by atoms with E-state index in [1.54, 1.807) is 25.1 Å². The number of ether oxygens (including phenoxy) is 1. The van der Waals surface area contributed by atoms with Gasteiger partial charge in [-0.1, -0.05) is 40.9 Å². The van der Waals surface area contributed by atoms with Crippen LogP contribution in [0.15, 0.2) is 65.1 Å². The Hall–Kier alpha value is -4.11. The number of nitro groups is 1. The summed E-state index contributed by atoms with van der Waals surface area (Å²) in [5, 5.41) is 22.8. The number of nitrogens with zero attached hydrogens (tertiary/aromatic N) is 2. The number of methoxy groups -OCH3 is 1. The fourth-order valence-corrected chi connectivity index (χ4v) is 4.64. The van der Waals surface area contributed by atoms with Gasteiger partial charge in [0, 0.05) is 0 Å². The number of nitrogens with one attached hydrogen (secondary N) is 1. The minimum Gasteiger partial charge on any atom is -0.496 e. The van der Waals surface area contributed by atoms with Crippen molar-refractivity contribution >= 4 is 56.7 Å². The summed E-state index contributed by atoms with van der Waals surface area (Å²) in [7, 11) is -2.91. The molecular formula is C24H17Cl2N3O7S. The molecule has 0 spiro atoms. The Morgan fingerprint density at radius 2 is 1.73 bits per heavy atom. The van der Waals surface area contributed by atoms with Crippen molar-refractivity contribution in [1.29, 1.82) is 5.26 Å². The van der Waals surface area contributed by atoms with Crippen LogP contribution in [0.2, 0.25) is 10.0 Å². The molecule has 3 aromatic rings. The lowest BCUT2D eigenvalue weighted by Crippen LogP contribution is -2.14. The normalized spacial score (nSPS) is 11.4. The molecule has 0 aromatic heterocycles. The highest BCUT2D eigenvalue weighted by Gasteiger charge is 2.22. The summed E-state index contributed by atoms with van der Waals surface area (Å²) in [5.74, 6) is -1.07. The highest BCUT2D eigenvalue weighted by atomic mass is 35.5. The Balaban J connectivity index is 1.88. The molecule has 13 heteroatoms. The number of carbonyl (C=O) groups excluding carboxylic acids is 1. The Morgan fingerprint density at radius 3 is 2.27 bits per heavy atom. The number of amides is 1. The summed E-state index contributed by atoms with van der Waals surface area (Å²) in [6, 6.07) is 13.9. The standard InChI is InChI=1S/C24H17Cl2N3O7S/c1-14-3-6-18(7-4-14)37(33,34)36-23-19(25)10-15(11-20(23)26)9-16(13-27)24(30)28-21-8-5-17(35-2)12-22(21)29(31)32/h3-12H,1-2H3,(H,28,30)/b16-9+. The maximum absolute atomic E-state index is 12.7. The average Bonchev–Trinajstić information content (AvgIpc) is 2.85. The van der Waals surface area contributed by atoms with Gasteiger partial charge in [0.25, 0.3) is 11.6 Å². The lowest BCUT2D eigenvalue weighted by atomic mass is 10.1. The van der Waals surface area contributed by atoms with Crippen LogP contribution in [0.25, 0.3) is 6.08 Å². The molecular weight excluding hydrogens is 545 g/mol. The van der Waals surface area contributed by atoms with Crippen molar-refractivity contribution in [1.82, 2.24) is 0 Å². The predicted molar refractivity (Wildman–Crippen MR) is 137 cm³/mol. The lowest BCUT2D eigenvalue weighted by Gasteiger charge is -2.11. The topological polar surface area (TPSA) is 149 Å². The van der Waals surface area contributed by atoms with Crippen molar-refractivity contribution in [3.05, 3.63) is 91.5 Å². The predicted octanol–water partition coefficient (Wildman–Crippen LogP) is 5.53. The Kier molecular flexibility index (Phi) is 8.39. The highest BCUT2D eigenvalue weighted by molar-refractivity contribution is 7.87. The fourth-order valence-electron chi connectivity index (χ4n) is 3.01. The van der Waals surface area contributed by atoms with Crippen LogP contribution in [-0.2, 0) is 14.9 Å². The SMILES string of the molecule is COc1ccc(NC(=O)/C(C#N)=C/c2cc(Cl)c(OS(=O)(=O)c3ccc(C)cc3)c(Cl)c2)c([N+](=O)[O-])c1. The first-order valence-corrected chi connectivity index (χ1v) is 12.4. The second-order valence-electron chi connectivity index (χ2n) is 7.43. The van der Waals surface area contributed by atoms with Crippen LogP contribution in [0.5, 0.6) is 11.5 Å². The zero-order valence-corrected chi connectivity index (χ0v) is 21.5. The van der Waals surface area contributed by atoms with Gasteiger partial charge in [-0.15, -0.1) is 0 Å². The van der Waals surface area contributed by atoms with E-state index < -0.39 is 32.2 Å². The molecule has 0 bridgehead atoms. The van der Waals surface area contributed by atoms with Crippen molar-refractivity contribution in [2.45, 2.75) is 11.8 Å². The van der Waals surface area contributed by atoms with E-state index in [9.17, 15) is 28.6 Å². The monoisotopic (exact) mass is 561 g/mol. The van der Waals surface area contributed by atoms with Crippen molar-refractivity contribution in [2.75, 3.05) is 12.4 Å². The molecule has 1 N–H and O–H groups in total. The van der Waals surface area contributed by atoms with E-state index in [-0.39, 0.29) is 37.7 Å². The Morgan fingerprint density at radius 1 is 1.11 bits per heavy atom. The summed E-state index contributed by atoms with van der Waals surface area (Å²) in [6.07, 6.45) is 1.13. The molecule has 0 fully saturated rings. The number of aryl methyl sites for hydroxylation is 1. The first kappa shape index (κ1) is 27.5. The molecule has 10 nitrogen and oxygen atoms in total. The van der Waals surface area contributed by atoms with E-state index in [0.717, 1.165) is 17.7 Å². The van der Waals surface area contributed by atoms with Crippen molar-refractivity contribution in [2.24, 2.45) is 0 Å². The quantitative estimate of drug-likeness (QED) is 0.124. The number of nitriles is 1. The van der Waals surface area contributed by atoms with Gasteiger partial charge in [-0.25, -0.2) is 0 Å². The van der Waals surface area contributed by atoms with E-state index in [4.69, 9.17) is 32.1 Å². The molecule has 0 saturated heterocycles. The smallest absolute Gasteiger partial charge is 0.339 e. The third kappa shape index (κ3) is 6.56. The molecule has 0 radical (unpaired) electrons. The van der Waals surface area contributed by atoms with Crippen molar-refractivity contribution < 1.29 is 27.1 Å². The number of nitro benzene ring substituents is 1. The van der Waals surface area contributed by atoms with Gasteiger partial charge >= 0.3 is 10.1 Å². The molecule has 0 atom stereocenters. The van der Waals surface area contributed by atoms with Crippen LogP contribution in [0.4, 0.5) is 11.4 Å². The summed E-state index contributed by atoms with van der Waals surface area (Å²) >= 11 is 12.4. The third-order valence-electron chi connectivity index (χ3n) is 4.85. The van der Waals surface area contributed by atoms with E-state index in [0.29, 0.717) is 0 Å². The molecule has 0 saturated carbocycles. The van der Waals surface area contributed by atoms with E-state index in [1.807, 2.05) is 0 Å². The average molecular weight is 562 g/mol. The fraction of sp³-hybridized carbons (Fsp3) is 0.0833. The molecule has 0 aliphatic heterocycles.